The molecule has 1 aliphatic heterocycles. The first kappa shape index (κ1) is 27.3. The average molecular weight is 457 g/mol. The number of primary amides is 1. The van der Waals surface area contributed by atoms with Crippen molar-refractivity contribution in [2.45, 2.75) is 76.5 Å². The number of hydrogen-bond acceptors (Lipinski definition) is 7. The van der Waals surface area contributed by atoms with Crippen LogP contribution in [0.1, 0.15) is 52.4 Å². The highest BCUT2D eigenvalue weighted by molar-refractivity contribution is 5.95. The third kappa shape index (κ3) is 8.08. The predicted molar refractivity (Wildman–Crippen MR) is 116 cm³/mol. The summed E-state index contributed by atoms with van der Waals surface area (Å²) in [6.45, 7) is 4.30. The van der Waals surface area contributed by atoms with Gasteiger partial charge < -0.3 is 37.8 Å². The molecule has 12 heteroatoms. The maximum absolute atomic E-state index is 13.2. The van der Waals surface area contributed by atoms with E-state index in [9.17, 15) is 29.1 Å². The topological polar surface area (TPSA) is 211 Å². The van der Waals surface area contributed by atoms with E-state index in [-0.39, 0.29) is 12.5 Å². The molecule has 0 aromatic carbocycles. The Morgan fingerprint density at radius 1 is 1.09 bits per heavy atom. The van der Waals surface area contributed by atoms with E-state index in [1.54, 1.807) is 13.8 Å². The number of rotatable bonds is 13. The second-order valence-corrected chi connectivity index (χ2v) is 8.37. The summed E-state index contributed by atoms with van der Waals surface area (Å²) in [5, 5.41) is 14.2. The number of nitrogens with one attached hydrogen (secondary N) is 2. The van der Waals surface area contributed by atoms with E-state index in [0.29, 0.717) is 38.6 Å². The van der Waals surface area contributed by atoms with Crippen molar-refractivity contribution in [3.05, 3.63) is 0 Å². The second kappa shape index (κ2) is 13.0. The molecule has 1 aliphatic rings. The molecule has 1 rings (SSSR count). The summed E-state index contributed by atoms with van der Waals surface area (Å²) in [5.41, 5.74) is 16.5. The molecule has 0 aromatic heterocycles. The van der Waals surface area contributed by atoms with E-state index in [1.807, 2.05) is 0 Å². The van der Waals surface area contributed by atoms with Crippen LogP contribution in [0.5, 0.6) is 0 Å². The van der Waals surface area contributed by atoms with Crippen molar-refractivity contribution < 1.29 is 29.1 Å². The van der Waals surface area contributed by atoms with E-state index >= 15 is 0 Å². The quantitative estimate of drug-likeness (QED) is 0.170. The first-order valence-electron chi connectivity index (χ1n) is 10.9. The van der Waals surface area contributed by atoms with Crippen LogP contribution < -0.4 is 27.8 Å². The lowest BCUT2D eigenvalue weighted by molar-refractivity contribution is -0.146. The molecule has 182 valence electrons. The lowest BCUT2D eigenvalue weighted by Gasteiger charge is -2.30. The zero-order valence-corrected chi connectivity index (χ0v) is 18.7. The minimum atomic E-state index is -1.48. The fourth-order valence-electron chi connectivity index (χ4n) is 3.49. The standard InChI is InChI=1S/C20H36N6O6/c1-11(2)16(23)18(29)24-12(6-3-4-8-21)19(30)26-9-5-7-14(26)17(28)25-13(20(31)32)10-15(22)27/h11-14,16H,3-10,21,23H2,1-2H3,(H2,22,27)(H,24,29)(H,25,28)(H,31,32). The molecule has 0 aromatic rings. The van der Waals surface area contributed by atoms with E-state index in [0.717, 1.165) is 0 Å². The van der Waals surface area contributed by atoms with Gasteiger partial charge in [-0.05, 0) is 44.6 Å². The van der Waals surface area contributed by atoms with Crippen LogP contribution in [-0.2, 0) is 24.0 Å². The number of amides is 4. The van der Waals surface area contributed by atoms with Crippen molar-refractivity contribution in [1.29, 1.82) is 0 Å². The molecule has 12 nitrogen and oxygen atoms in total. The third-order valence-corrected chi connectivity index (χ3v) is 5.44. The third-order valence-electron chi connectivity index (χ3n) is 5.44. The van der Waals surface area contributed by atoms with Gasteiger partial charge in [0.2, 0.25) is 23.6 Å². The van der Waals surface area contributed by atoms with E-state index in [4.69, 9.17) is 17.2 Å². The van der Waals surface area contributed by atoms with Gasteiger partial charge in [-0.1, -0.05) is 13.8 Å². The number of hydrogen-bond donors (Lipinski definition) is 6. The molecule has 32 heavy (non-hydrogen) atoms. The first-order chi connectivity index (χ1) is 15.0. The summed E-state index contributed by atoms with van der Waals surface area (Å²) in [6.07, 6.45) is 1.88. The number of carbonyl (C=O) groups excluding carboxylic acids is 4. The Bertz CT molecular complexity index is 700. The maximum atomic E-state index is 13.2. The van der Waals surface area contributed by atoms with Crippen LogP contribution in [0.2, 0.25) is 0 Å². The van der Waals surface area contributed by atoms with Crippen molar-refractivity contribution in [3.8, 4) is 0 Å². The Morgan fingerprint density at radius 3 is 2.28 bits per heavy atom. The summed E-state index contributed by atoms with van der Waals surface area (Å²) in [6, 6.07) is -4.07. The summed E-state index contributed by atoms with van der Waals surface area (Å²) < 4.78 is 0. The molecule has 1 heterocycles. The first-order valence-corrected chi connectivity index (χ1v) is 10.9. The average Bonchev–Trinajstić information content (AvgIpc) is 3.20. The van der Waals surface area contributed by atoms with Gasteiger partial charge in [0.25, 0.3) is 0 Å². The van der Waals surface area contributed by atoms with Crippen molar-refractivity contribution in [2.75, 3.05) is 13.1 Å². The predicted octanol–water partition coefficient (Wildman–Crippen LogP) is -1.98. The van der Waals surface area contributed by atoms with Crippen LogP contribution in [0, 0.1) is 5.92 Å². The van der Waals surface area contributed by atoms with Gasteiger partial charge >= 0.3 is 5.97 Å². The van der Waals surface area contributed by atoms with Gasteiger partial charge in [0.15, 0.2) is 0 Å². The highest BCUT2D eigenvalue weighted by atomic mass is 16.4. The summed E-state index contributed by atoms with van der Waals surface area (Å²) in [7, 11) is 0. The van der Waals surface area contributed by atoms with Crippen LogP contribution in [0.25, 0.3) is 0 Å². The zero-order valence-electron chi connectivity index (χ0n) is 18.7. The summed E-state index contributed by atoms with van der Waals surface area (Å²) >= 11 is 0. The molecule has 0 spiro atoms. The monoisotopic (exact) mass is 456 g/mol. The molecule has 0 aliphatic carbocycles. The zero-order chi connectivity index (χ0) is 24.4. The molecule has 1 fully saturated rings. The largest absolute Gasteiger partial charge is 0.480 e. The second-order valence-electron chi connectivity index (χ2n) is 8.37. The molecule has 0 saturated carbocycles. The minimum absolute atomic E-state index is 0.127. The van der Waals surface area contributed by atoms with Gasteiger partial charge in [0.1, 0.15) is 18.1 Å². The van der Waals surface area contributed by atoms with Crippen LogP contribution in [0.15, 0.2) is 0 Å². The summed E-state index contributed by atoms with van der Waals surface area (Å²) in [4.78, 5) is 62.2. The molecule has 4 atom stereocenters. The van der Waals surface area contributed by atoms with Crippen molar-refractivity contribution >= 4 is 29.6 Å². The number of aliphatic carboxylic acids is 1. The normalized spacial score (nSPS) is 18.7. The Kier molecular flexibility index (Phi) is 11.1. The highest BCUT2D eigenvalue weighted by Gasteiger charge is 2.39. The Labute approximate surface area is 187 Å². The SMILES string of the molecule is CC(C)C(N)C(=O)NC(CCCCN)C(=O)N1CCCC1C(=O)NC(CC(N)=O)C(=O)O. The fourth-order valence-corrected chi connectivity index (χ4v) is 3.49. The molecule has 4 unspecified atom stereocenters. The van der Waals surface area contributed by atoms with Gasteiger partial charge in [-0.2, -0.15) is 0 Å². The van der Waals surface area contributed by atoms with Crippen LogP contribution in [0.3, 0.4) is 0 Å². The highest BCUT2D eigenvalue weighted by Crippen LogP contribution is 2.20. The lowest BCUT2D eigenvalue weighted by atomic mass is 10.0. The van der Waals surface area contributed by atoms with Gasteiger partial charge in [-0.3, -0.25) is 19.2 Å². The number of unbranched alkanes of at least 4 members (excludes halogenated alkanes) is 1. The molecule has 0 radical (unpaired) electrons. The number of carbonyl (C=O) groups is 5. The number of likely N-dealkylation sites (tertiary alicyclic amines) is 1. The molecular weight excluding hydrogens is 420 g/mol. The smallest absolute Gasteiger partial charge is 0.326 e. The van der Waals surface area contributed by atoms with Crippen LogP contribution in [0.4, 0.5) is 0 Å². The van der Waals surface area contributed by atoms with E-state index < -0.39 is 60.2 Å². The van der Waals surface area contributed by atoms with Crippen LogP contribution in [-0.4, -0.2) is 76.9 Å². The fraction of sp³-hybridized carbons (Fsp3) is 0.750. The Balaban J connectivity index is 2.96. The summed E-state index contributed by atoms with van der Waals surface area (Å²) in [5.74, 6) is -3.98. The van der Waals surface area contributed by atoms with Gasteiger partial charge in [-0.25, -0.2) is 4.79 Å². The molecule has 4 amide bonds. The van der Waals surface area contributed by atoms with Crippen LogP contribution >= 0.6 is 0 Å². The van der Waals surface area contributed by atoms with Crippen molar-refractivity contribution in [2.24, 2.45) is 23.1 Å². The number of nitrogens with zero attached hydrogens (tertiary/aromatic N) is 1. The van der Waals surface area contributed by atoms with Gasteiger partial charge in [-0.15, -0.1) is 0 Å². The molecule has 9 N–H and O–H groups in total. The minimum Gasteiger partial charge on any atom is -0.480 e. The Morgan fingerprint density at radius 2 is 1.75 bits per heavy atom. The van der Waals surface area contributed by atoms with Crippen molar-refractivity contribution in [3.63, 3.8) is 0 Å². The van der Waals surface area contributed by atoms with E-state index in [2.05, 4.69) is 10.6 Å². The molecule has 0 bridgehead atoms. The number of nitrogens with two attached hydrogens (primary N) is 3. The Hall–Kier alpha value is -2.73. The van der Waals surface area contributed by atoms with E-state index in [1.165, 1.54) is 4.90 Å². The lowest BCUT2D eigenvalue weighted by Crippen LogP contribution is -2.57. The number of carboxylic acids is 1. The van der Waals surface area contributed by atoms with Gasteiger partial charge in [0, 0.05) is 6.54 Å². The number of carboxylic acid groups (broad SMARTS) is 1. The molecule has 1 saturated heterocycles. The molecular formula is C20H36N6O6. The van der Waals surface area contributed by atoms with Gasteiger partial charge in [0.05, 0.1) is 12.5 Å². The maximum Gasteiger partial charge on any atom is 0.326 e. The van der Waals surface area contributed by atoms with Crippen molar-refractivity contribution in [1.82, 2.24) is 15.5 Å².